The van der Waals surface area contributed by atoms with Gasteiger partial charge in [0.1, 0.15) is 11.9 Å². The van der Waals surface area contributed by atoms with Gasteiger partial charge in [-0.05, 0) is 29.8 Å². The molecule has 1 aromatic heterocycles. The highest BCUT2D eigenvalue weighted by molar-refractivity contribution is 6.35. The highest BCUT2D eigenvalue weighted by Crippen LogP contribution is 2.30. The average molecular weight is 284 g/mol. The maximum atomic E-state index is 6.22. The Bertz CT molecular complexity index is 753. The molecule has 0 saturated heterocycles. The first kappa shape index (κ1) is 11.9. The summed E-state index contributed by atoms with van der Waals surface area (Å²) >= 11 is 6.22. The highest BCUT2D eigenvalue weighted by atomic mass is 35.5. The normalized spacial score (nSPS) is 17.1. The number of para-hydroxylation sites is 1. The molecule has 1 unspecified atom stereocenters. The number of aromatic nitrogens is 1. The summed E-state index contributed by atoms with van der Waals surface area (Å²) in [4.78, 5) is 0. The van der Waals surface area contributed by atoms with Gasteiger partial charge in [0.25, 0.3) is 0 Å². The van der Waals surface area contributed by atoms with E-state index in [1.54, 1.807) is 0 Å². The van der Waals surface area contributed by atoms with Gasteiger partial charge >= 0.3 is 0 Å². The first-order valence-corrected chi connectivity index (χ1v) is 7.17. The van der Waals surface area contributed by atoms with E-state index in [1.807, 2.05) is 24.3 Å². The molecule has 3 heteroatoms. The van der Waals surface area contributed by atoms with Crippen molar-refractivity contribution in [3.8, 4) is 5.75 Å². The van der Waals surface area contributed by atoms with E-state index in [2.05, 4.69) is 35.0 Å². The van der Waals surface area contributed by atoms with Crippen molar-refractivity contribution in [1.82, 2.24) is 4.57 Å². The maximum Gasteiger partial charge on any atom is 0.123 e. The molecule has 20 heavy (non-hydrogen) atoms. The molecule has 0 aliphatic carbocycles. The van der Waals surface area contributed by atoms with E-state index in [0.29, 0.717) is 0 Å². The largest absolute Gasteiger partial charge is 0.488 e. The van der Waals surface area contributed by atoms with Crippen LogP contribution in [-0.2, 0) is 13.0 Å². The van der Waals surface area contributed by atoms with Crippen LogP contribution < -0.4 is 4.74 Å². The smallest absolute Gasteiger partial charge is 0.123 e. The first-order chi connectivity index (χ1) is 9.81. The van der Waals surface area contributed by atoms with Gasteiger partial charge in [-0.25, -0.2) is 0 Å². The van der Waals surface area contributed by atoms with Gasteiger partial charge in [0, 0.05) is 28.5 Å². The summed E-state index contributed by atoms with van der Waals surface area (Å²) in [6.07, 6.45) is 3.25. The van der Waals surface area contributed by atoms with E-state index in [9.17, 15) is 0 Å². The van der Waals surface area contributed by atoms with Gasteiger partial charge < -0.3 is 9.30 Å². The number of benzene rings is 2. The number of fused-ring (bicyclic) bond motifs is 2. The molecule has 1 aliphatic heterocycles. The summed E-state index contributed by atoms with van der Waals surface area (Å²) in [6, 6.07) is 16.4. The summed E-state index contributed by atoms with van der Waals surface area (Å²) in [5.74, 6) is 1.02. The van der Waals surface area contributed by atoms with E-state index in [4.69, 9.17) is 16.3 Å². The molecule has 1 atom stereocenters. The second-order valence-electron chi connectivity index (χ2n) is 5.19. The summed E-state index contributed by atoms with van der Waals surface area (Å²) in [7, 11) is 0. The zero-order chi connectivity index (χ0) is 13.5. The van der Waals surface area contributed by atoms with Gasteiger partial charge in [-0.1, -0.05) is 35.9 Å². The summed E-state index contributed by atoms with van der Waals surface area (Å²) in [5, 5.41) is 1.90. The van der Waals surface area contributed by atoms with E-state index in [0.717, 1.165) is 34.6 Å². The Morgan fingerprint density at radius 3 is 2.90 bits per heavy atom. The van der Waals surface area contributed by atoms with Crippen molar-refractivity contribution in [2.75, 3.05) is 0 Å². The fourth-order valence-corrected chi connectivity index (χ4v) is 3.15. The monoisotopic (exact) mass is 283 g/mol. The van der Waals surface area contributed by atoms with Gasteiger partial charge in [-0.2, -0.15) is 0 Å². The lowest BCUT2D eigenvalue weighted by molar-refractivity contribution is 0.211. The van der Waals surface area contributed by atoms with Crippen LogP contribution in [-0.4, -0.2) is 10.7 Å². The molecule has 0 spiro atoms. The maximum absolute atomic E-state index is 6.22. The molecule has 0 N–H and O–H groups in total. The molecule has 0 radical (unpaired) electrons. The molecule has 3 aromatic rings. The number of hydrogen-bond acceptors (Lipinski definition) is 1. The first-order valence-electron chi connectivity index (χ1n) is 6.79. The van der Waals surface area contributed by atoms with Crippen LogP contribution in [0.3, 0.4) is 0 Å². The Morgan fingerprint density at radius 2 is 2.00 bits per heavy atom. The molecule has 0 fully saturated rings. The molecule has 2 heterocycles. The van der Waals surface area contributed by atoms with Crippen LogP contribution in [0.4, 0.5) is 0 Å². The molecule has 0 saturated carbocycles. The number of hydrogen-bond donors (Lipinski definition) is 0. The van der Waals surface area contributed by atoms with E-state index in [1.165, 1.54) is 5.56 Å². The molecule has 2 nitrogen and oxygen atoms in total. The summed E-state index contributed by atoms with van der Waals surface area (Å²) < 4.78 is 8.23. The van der Waals surface area contributed by atoms with Crippen LogP contribution in [0.1, 0.15) is 5.56 Å². The number of halogens is 1. The minimum atomic E-state index is 0.196. The second kappa shape index (κ2) is 4.57. The van der Waals surface area contributed by atoms with Gasteiger partial charge in [-0.15, -0.1) is 0 Å². The molecule has 0 amide bonds. The van der Waals surface area contributed by atoms with Gasteiger partial charge in [0.05, 0.1) is 6.54 Å². The van der Waals surface area contributed by atoms with Crippen molar-refractivity contribution in [2.45, 2.75) is 19.1 Å². The molecule has 2 aromatic carbocycles. The van der Waals surface area contributed by atoms with E-state index < -0.39 is 0 Å². The molecular formula is C17H14ClNO. The molecule has 0 bridgehead atoms. The number of ether oxygens (including phenoxy) is 1. The van der Waals surface area contributed by atoms with Crippen molar-refractivity contribution < 1.29 is 4.74 Å². The minimum Gasteiger partial charge on any atom is -0.488 e. The SMILES string of the molecule is Clc1cccc2c1ccn2CC1Cc2ccccc2O1. The Hall–Kier alpha value is -1.93. The third kappa shape index (κ3) is 1.88. The van der Waals surface area contributed by atoms with E-state index >= 15 is 0 Å². The van der Waals surface area contributed by atoms with Gasteiger partial charge in [0.15, 0.2) is 0 Å². The van der Waals surface area contributed by atoms with Gasteiger partial charge in [-0.3, -0.25) is 0 Å². The lowest BCUT2D eigenvalue weighted by Crippen LogP contribution is -2.20. The average Bonchev–Trinajstić information content (AvgIpc) is 3.04. The Balaban J connectivity index is 1.62. The fraction of sp³-hybridized carbons (Fsp3) is 0.176. The topological polar surface area (TPSA) is 14.2 Å². The Kier molecular flexibility index (Phi) is 2.71. The fourth-order valence-electron chi connectivity index (χ4n) is 2.92. The third-order valence-electron chi connectivity index (χ3n) is 3.87. The predicted molar refractivity (Wildman–Crippen MR) is 81.5 cm³/mol. The zero-order valence-corrected chi connectivity index (χ0v) is 11.7. The van der Waals surface area contributed by atoms with Crippen LogP contribution >= 0.6 is 11.6 Å². The van der Waals surface area contributed by atoms with Crippen molar-refractivity contribution in [1.29, 1.82) is 0 Å². The summed E-state index contributed by atoms with van der Waals surface area (Å²) in [6.45, 7) is 0.846. The highest BCUT2D eigenvalue weighted by Gasteiger charge is 2.22. The van der Waals surface area contributed by atoms with E-state index in [-0.39, 0.29) is 6.10 Å². The van der Waals surface area contributed by atoms with Crippen molar-refractivity contribution >= 4 is 22.5 Å². The lowest BCUT2D eigenvalue weighted by Gasteiger charge is -2.13. The van der Waals surface area contributed by atoms with Crippen LogP contribution in [0.2, 0.25) is 5.02 Å². The molecule has 100 valence electrons. The van der Waals surface area contributed by atoms with Crippen LogP contribution in [0, 0.1) is 0 Å². The second-order valence-corrected chi connectivity index (χ2v) is 5.60. The van der Waals surface area contributed by atoms with Gasteiger partial charge in [0.2, 0.25) is 0 Å². The Morgan fingerprint density at radius 1 is 1.10 bits per heavy atom. The number of rotatable bonds is 2. The number of nitrogens with zero attached hydrogens (tertiary/aromatic N) is 1. The summed E-state index contributed by atoms with van der Waals surface area (Å²) in [5.41, 5.74) is 2.46. The van der Waals surface area contributed by atoms with Crippen LogP contribution in [0.25, 0.3) is 10.9 Å². The van der Waals surface area contributed by atoms with Crippen molar-refractivity contribution in [3.63, 3.8) is 0 Å². The Labute approximate surface area is 122 Å². The molecule has 1 aliphatic rings. The zero-order valence-electron chi connectivity index (χ0n) is 10.9. The minimum absolute atomic E-state index is 0.196. The van der Waals surface area contributed by atoms with Crippen LogP contribution in [0.5, 0.6) is 5.75 Å². The predicted octanol–water partition coefficient (Wildman–Crippen LogP) is 4.30. The quantitative estimate of drug-likeness (QED) is 0.684. The lowest BCUT2D eigenvalue weighted by atomic mass is 10.1. The molecular weight excluding hydrogens is 270 g/mol. The van der Waals surface area contributed by atoms with Crippen LogP contribution in [0.15, 0.2) is 54.7 Å². The van der Waals surface area contributed by atoms with Crippen molar-refractivity contribution in [2.24, 2.45) is 0 Å². The third-order valence-corrected chi connectivity index (χ3v) is 4.20. The molecule has 4 rings (SSSR count). The standard InChI is InChI=1S/C17H14ClNO/c18-15-5-3-6-16-14(15)8-9-19(16)11-13-10-12-4-1-2-7-17(12)20-13/h1-9,13H,10-11H2. The van der Waals surface area contributed by atoms with Crippen molar-refractivity contribution in [3.05, 3.63) is 65.3 Å².